The lowest BCUT2D eigenvalue weighted by molar-refractivity contribution is -0.115. The maximum absolute atomic E-state index is 13.0. The zero-order valence-corrected chi connectivity index (χ0v) is 18.9. The monoisotopic (exact) mass is 507 g/mol. The predicted molar refractivity (Wildman–Crippen MR) is 116 cm³/mol. The van der Waals surface area contributed by atoms with Crippen LogP contribution in [0.15, 0.2) is 39.0 Å². The van der Waals surface area contributed by atoms with E-state index in [2.05, 4.69) is 31.6 Å². The first kappa shape index (κ1) is 21.9. The van der Waals surface area contributed by atoms with Crippen molar-refractivity contribution in [3.05, 3.63) is 45.7 Å². The number of hydrogen-bond donors (Lipinski definition) is 1. The second-order valence-electron chi connectivity index (χ2n) is 6.90. The molecular formula is C21H19BrFN3O6. The van der Waals surface area contributed by atoms with E-state index >= 15 is 0 Å². The van der Waals surface area contributed by atoms with Crippen molar-refractivity contribution in [2.75, 3.05) is 21.0 Å². The molecule has 0 aliphatic carbocycles. The summed E-state index contributed by atoms with van der Waals surface area (Å²) in [6.45, 7) is 1.83. The van der Waals surface area contributed by atoms with E-state index in [0.717, 1.165) is 0 Å². The third kappa shape index (κ3) is 3.83. The lowest BCUT2D eigenvalue weighted by Gasteiger charge is -2.22. The minimum absolute atomic E-state index is 0.0359. The molecule has 9 nitrogen and oxygen atoms in total. The third-order valence-electron chi connectivity index (χ3n) is 5.03. The van der Waals surface area contributed by atoms with Crippen molar-refractivity contribution in [2.24, 2.45) is 16.2 Å². The molecule has 11 heteroatoms. The number of benzene rings is 2. The lowest BCUT2D eigenvalue weighted by Crippen LogP contribution is -2.31. The van der Waals surface area contributed by atoms with Gasteiger partial charge in [0.25, 0.3) is 5.91 Å². The summed E-state index contributed by atoms with van der Waals surface area (Å²) in [7, 11) is 2.99. The van der Waals surface area contributed by atoms with Crippen LogP contribution in [-0.2, 0) is 9.63 Å². The van der Waals surface area contributed by atoms with Crippen molar-refractivity contribution in [3.8, 4) is 23.0 Å². The van der Waals surface area contributed by atoms with Crippen LogP contribution >= 0.6 is 15.9 Å². The molecule has 4 rings (SSSR count). The van der Waals surface area contributed by atoms with Crippen LogP contribution in [0.4, 0.5) is 4.39 Å². The summed E-state index contributed by atoms with van der Waals surface area (Å²) < 4.78 is 35.7. The maximum atomic E-state index is 13.0. The maximum Gasteiger partial charge on any atom is 0.289 e. The molecule has 2 aromatic carbocycles. The van der Waals surface area contributed by atoms with E-state index in [-0.39, 0.29) is 18.3 Å². The number of oxime groups is 1. The van der Waals surface area contributed by atoms with Crippen molar-refractivity contribution in [3.63, 3.8) is 0 Å². The molecule has 0 bridgehead atoms. The highest BCUT2D eigenvalue weighted by molar-refractivity contribution is 9.10. The van der Waals surface area contributed by atoms with E-state index in [1.807, 2.05) is 0 Å². The zero-order chi connectivity index (χ0) is 22.8. The van der Waals surface area contributed by atoms with Gasteiger partial charge in [0, 0.05) is 0 Å². The molecule has 1 N–H and O–H groups in total. The molecule has 0 aromatic heterocycles. The second-order valence-corrected chi connectivity index (χ2v) is 7.69. The lowest BCUT2D eigenvalue weighted by atomic mass is 9.92. The Kier molecular flexibility index (Phi) is 6.17. The fraction of sp³-hybridized carbons (Fsp3) is 0.286. The van der Waals surface area contributed by atoms with Gasteiger partial charge in [0.15, 0.2) is 23.3 Å². The molecule has 1 amide bonds. The number of amides is 1. The third-order valence-corrected chi connectivity index (χ3v) is 5.82. The number of fused-ring (bicyclic) bond motifs is 1. The van der Waals surface area contributed by atoms with Gasteiger partial charge in [0.1, 0.15) is 5.82 Å². The van der Waals surface area contributed by atoms with Crippen LogP contribution in [0.5, 0.6) is 23.0 Å². The van der Waals surface area contributed by atoms with Crippen LogP contribution in [-0.4, -0.2) is 38.8 Å². The molecule has 0 saturated heterocycles. The van der Waals surface area contributed by atoms with Gasteiger partial charge in [-0.25, -0.2) is 9.82 Å². The minimum atomic E-state index is -0.662. The number of carbonyl (C=O) groups excluding carboxylic acids is 1. The number of nitrogens with one attached hydrogen (secondary N) is 1. The smallest absolute Gasteiger partial charge is 0.289 e. The first-order valence-electron chi connectivity index (χ1n) is 9.51. The second kappa shape index (κ2) is 9.03. The van der Waals surface area contributed by atoms with E-state index in [1.165, 1.54) is 44.7 Å². The summed E-state index contributed by atoms with van der Waals surface area (Å²) in [6.07, 6.45) is 0.739. The van der Waals surface area contributed by atoms with E-state index in [1.54, 1.807) is 6.92 Å². The Morgan fingerprint density at radius 3 is 2.59 bits per heavy atom. The topological polar surface area (TPSA) is 100.0 Å². The summed E-state index contributed by atoms with van der Waals surface area (Å²) in [5.41, 5.74) is 3.76. The van der Waals surface area contributed by atoms with Crippen molar-refractivity contribution in [2.45, 2.75) is 13.0 Å². The molecule has 2 aliphatic heterocycles. The Balaban J connectivity index is 1.55. The van der Waals surface area contributed by atoms with E-state index in [0.29, 0.717) is 38.6 Å². The number of ether oxygens (including phenoxy) is 4. The van der Waals surface area contributed by atoms with Gasteiger partial charge in [-0.2, -0.15) is 5.10 Å². The first-order valence-corrected chi connectivity index (χ1v) is 10.3. The Labute approximate surface area is 191 Å². The Morgan fingerprint density at radius 2 is 1.91 bits per heavy atom. The van der Waals surface area contributed by atoms with Gasteiger partial charge >= 0.3 is 0 Å². The minimum Gasteiger partial charge on any atom is -0.492 e. The molecule has 2 aromatic rings. The quantitative estimate of drug-likeness (QED) is 0.474. The summed E-state index contributed by atoms with van der Waals surface area (Å²) in [5.74, 6) is 0.273. The Morgan fingerprint density at radius 1 is 1.22 bits per heavy atom. The van der Waals surface area contributed by atoms with Crippen molar-refractivity contribution < 1.29 is 33.0 Å². The summed E-state index contributed by atoms with van der Waals surface area (Å²) >= 11 is 3.53. The number of halogens is 2. The van der Waals surface area contributed by atoms with Gasteiger partial charge in [-0.1, -0.05) is 24.2 Å². The van der Waals surface area contributed by atoms with E-state index in [9.17, 15) is 9.18 Å². The van der Waals surface area contributed by atoms with Crippen molar-refractivity contribution >= 4 is 33.8 Å². The van der Waals surface area contributed by atoms with Gasteiger partial charge < -0.3 is 23.8 Å². The molecule has 0 unspecified atom stereocenters. The summed E-state index contributed by atoms with van der Waals surface area (Å²) in [6, 6.07) is 5.68. The van der Waals surface area contributed by atoms with Gasteiger partial charge in [0.05, 0.1) is 36.4 Å². The molecule has 2 heterocycles. The average molecular weight is 508 g/mol. The highest BCUT2D eigenvalue weighted by Gasteiger charge is 2.42. The van der Waals surface area contributed by atoms with Crippen LogP contribution in [0, 0.1) is 11.7 Å². The molecule has 168 valence electrons. The summed E-state index contributed by atoms with van der Waals surface area (Å²) in [5, 5.41) is 7.87. The molecule has 32 heavy (non-hydrogen) atoms. The fourth-order valence-electron chi connectivity index (χ4n) is 3.45. The van der Waals surface area contributed by atoms with Crippen LogP contribution in [0.3, 0.4) is 0 Å². The standard InChI is InChI=1S/C21H19BrFN3O6/c1-10-15(21(27)25-24-8-11-4-6-12(23)7-5-11)26-32-16(10)13-14(22)18-20(31-9-30-18)19(29-3)17(13)28-2/h4-8,10,16H,9H2,1-3H3,(H,25,27)/b24-8-/t10-,16+/m1/s1. The average Bonchev–Trinajstić information content (AvgIpc) is 3.42. The zero-order valence-electron chi connectivity index (χ0n) is 17.3. The van der Waals surface area contributed by atoms with Crippen LogP contribution in [0.25, 0.3) is 0 Å². The molecular weight excluding hydrogens is 489 g/mol. The number of hydrogen-bond acceptors (Lipinski definition) is 8. The van der Waals surface area contributed by atoms with Crippen LogP contribution in [0.1, 0.15) is 24.2 Å². The number of nitrogens with zero attached hydrogens (tertiary/aromatic N) is 2. The van der Waals surface area contributed by atoms with Gasteiger partial charge in [-0.05, 0) is 33.6 Å². The van der Waals surface area contributed by atoms with Crippen LogP contribution in [0.2, 0.25) is 0 Å². The highest BCUT2D eigenvalue weighted by atomic mass is 79.9. The van der Waals surface area contributed by atoms with E-state index in [4.69, 9.17) is 23.8 Å². The van der Waals surface area contributed by atoms with Crippen LogP contribution < -0.4 is 24.4 Å². The van der Waals surface area contributed by atoms with Crippen molar-refractivity contribution in [1.82, 2.24) is 5.43 Å². The number of rotatable bonds is 6. The highest BCUT2D eigenvalue weighted by Crippen LogP contribution is 2.57. The normalized spacial score (nSPS) is 19.0. The molecule has 0 spiro atoms. The fourth-order valence-corrected chi connectivity index (χ4v) is 4.15. The number of carbonyl (C=O) groups is 1. The predicted octanol–water partition coefficient (Wildman–Crippen LogP) is 3.55. The van der Waals surface area contributed by atoms with Gasteiger partial charge in [-0.15, -0.1) is 0 Å². The SMILES string of the molecule is COc1c2c(c(Br)c([C@H]3ON=C(C(=O)N/N=C\c4ccc(F)cc4)[C@H]3C)c1OC)OCO2. The number of methoxy groups -OCH3 is 2. The van der Waals surface area contributed by atoms with Gasteiger partial charge in [-0.3, -0.25) is 4.79 Å². The number of hydrazone groups is 1. The first-order chi connectivity index (χ1) is 15.5. The Hall–Kier alpha value is -3.34. The van der Waals surface area contributed by atoms with Crippen molar-refractivity contribution in [1.29, 1.82) is 0 Å². The van der Waals surface area contributed by atoms with Gasteiger partial charge in [0.2, 0.25) is 18.3 Å². The molecule has 0 saturated carbocycles. The molecule has 2 aliphatic rings. The molecule has 0 fully saturated rings. The molecule has 2 atom stereocenters. The summed E-state index contributed by atoms with van der Waals surface area (Å²) in [4.78, 5) is 18.2. The largest absolute Gasteiger partial charge is 0.492 e. The Bertz CT molecular complexity index is 1110. The molecule has 0 radical (unpaired) electrons. The van der Waals surface area contributed by atoms with E-state index < -0.39 is 17.9 Å².